The molecule has 8 heavy (non-hydrogen) atoms. The van der Waals surface area contributed by atoms with E-state index in [1.54, 1.807) is 0 Å². The zero-order chi connectivity index (χ0) is 6.24. The predicted octanol–water partition coefficient (Wildman–Crippen LogP) is 2.25. The van der Waals surface area contributed by atoms with Crippen molar-refractivity contribution in [3.8, 4) is 11.8 Å². The molecular formula is C6H8Cl2. The second kappa shape index (κ2) is 7.14. The van der Waals surface area contributed by atoms with Crippen molar-refractivity contribution in [2.45, 2.75) is 12.8 Å². The normalized spacial score (nSPS) is 7.75. The highest BCUT2D eigenvalue weighted by Gasteiger charge is 1.72. The summed E-state index contributed by atoms with van der Waals surface area (Å²) in [4.78, 5) is 0. The Labute approximate surface area is 60.2 Å². The molecule has 0 fully saturated rings. The van der Waals surface area contributed by atoms with Crippen molar-refractivity contribution in [2.75, 3.05) is 11.8 Å². The SMILES string of the molecule is ClCCC#CCCCl. The Balaban J connectivity index is 2.95. The van der Waals surface area contributed by atoms with E-state index in [0.29, 0.717) is 11.8 Å². The highest BCUT2D eigenvalue weighted by Crippen LogP contribution is 1.83. The van der Waals surface area contributed by atoms with E-state index in [2.05, 4.69) is 11.8 Å². The van der Waals surface area contributed by atoms with Crippen molar-refractivity contribution >= 4 is 23.2 Å². The lowest BCUT2D eigenvalue weighted by Crippen LogP contribution is -1.69. The average molecular weight is 151 g/mol. The summed E-state index contributed by atoms with van der Waals surface area (Å²) in [7, 11) is 0. The van der Waals surface area contributed by atoms with Gasteiger partial charge in [-0.05, 0) is 0 Å². The molecule has 0 heterocycles. The first-order valence-electron chi connectivity index (χ1n) is 2.49. The molecule has 0 aromatic rings. The van der Waals surface area contributed by atoms with E-state index in [-0.39, 0.29) is 0 Å². The number of halogens is 2. The van der Waals surface area contributed by atoms with Gasteiger partial charge >= 0.3 is 0 Å². The lowest BCUT2D eigenvalue weighted by atomic mass is 10.4. The maximum Gasteiger partial charge on any atom is 0.0333 e. The van der Waals surface area contributed by atoms with Gasteiger partial charge in [-0.25, -0.2) is 0 Å². The molecule has 0 saturated carbocycles. The fraction of sp³-hybridized carbons (Fsp3) is 0.667. The summed E-state index contributed by atoms with van der Waals surface area (Å²) in [5, 5.41) is 0. The van der Waals surface area contributed by atoms with Crippen molar-refractivity contribution in [1.82, 2.24) is 0 Å². The summed E-state index contributed by atoms with van der Waals surface area (Å²) in [5.41, 5.74) is 0. The fourth-order valence-electron chi connectivity index (χ4n) is 0.271. The van der Waals surface area contributed by atoms with Crippen LogP contribution < -0.4 is 0 Å². The van der Waals surface area contributed by atoms with Gasteiger partial charge in [-0.15, -0.1) is 35.0 Å². The minimum Gasteiger partial charge on any atom is -0.126 e. The van der Waals surface area contributed by atoms with Crippen molar-refractivity contribution in [3.05, 3.63) is 0 Å². The van der Waals surface area contributed by atoms with Crippen molar-refractivity contribution in [3.63, 3.8) is 0 Å². The Hall–Kier alpha value is 0.140. The smallest absolute Gasteiger partial charge is 0.0333 e. The van der Waals surface area contributed by atoms with Crippen molar-refractivity contribution in [2.24, 2.45) is 0 Å². The minimum atomic E-state index is 0.620. The monoisotopic (exact) mass is 150 g/mol. The maximum absolute atomic E-state index is 5.34. The van der Waals surface area contributed by atoms with Gasteiger partial charge < -0.3 is 0 Å². The number of rotatable bonds is 2. The molecule has 0 spiro atoms. The molecule has 0 amide bonds. The zero-order valence-electron chi connectivity index (χ0n) is 4.58. The van der Waals surface area contributed by atoms with E-state index in [0.717, 1.165) is 12.8 Å². The molecule has 0 atom stereocenters. The zero-order valence-corrected chi connectivity index (χ0v) is 6.10. The molecule has 0 rings (SSSR count). The van der Waals surface area contributed by atoms with Crippen LogP contribution in [0.4, 0.5) is 0 Å². The van der Waals surface area contributed by atoms with Crippen molar-refractivity contribution < 1.29 is 0 Å². The van der Waals surface area contributed by atoms with Crippen LogP contribution in [-0.2, 0) is 0 Å². The first kappa shape index (κ1) is 8.14. The number of alkyl halides is 2. The van der Waals surface area contributed by atoms with Crippen LogP contribution in [0.25, 0.3) is 0 Å². The fourth-order valence-corrected chi connectivity index (χ4v) is 0.460. The molecule has 0 N–H and O–H groups in total. The predicted molar refractivity (Wildman–Crippen MR) is 38.5 cm³/mol. The lowest BCUT2D eigenvalue weighted by molar-refractivity contribution is 1.25. The molecule has 0 saturated heterocycles. The molecule has 0 bridgehead atoms. The molecule has 0 aromatic heterocycles. The van der Waals surface area contributed by atoms with E-state index in [4.69, 9.17) is 23.2 Å². The average Bonchev–Trinajstić information content (AvgIpc) is 1.81. The Morgan fingerprint density at radius 1 is 0.875 bits per heavy atom. The third-order valence-electron chi connectivity index (χ3n) is 0.564. The van der Waals surface area contributed by atoms with Gasteiger partial charge in [0.2, 0.25) is 0 Å². The van der Waals surface area contributed by atoms with Gasteiger partial charge in [-0.2, -0.15) is 0 Å². The van der Waals surface area contributed by atoms with E-state index in [9.17, 15) is 0 Å². The molecule has 2 heteroatoms. The van der Waals surface area contributed by atoms with Crippen LogP contribution in [0.15, 0.2) is 0 Å². The van der Waals surface area contributed by atoms with Crippen LogP contribution in [0, 0.1) is 11.8 Å². The Kier molecular flexibility index (Phi) is 7.26. The molecule has 0 aliphatic carbocycles. The summed E-state index contributed by atoms with van der Waals surface area (Å²) in [5.74, 6) is 6.98. The molecule has 0 aliphatic heterocycles. The van der Waals surface area contributed by atoms with Crippen LogP contribution in [0.5, 0.6) is 0 Å². The molecule has 0 aliphatic rings. The van der Waals surface area contributed by atoms with Gasteiger partial charge in [0, 0.05) is 24.6 Å². The van der Waals surface area contributed by atoms with Crippen LogP contribution in [-0.4, -0.2) is 11.8 Å². The van der Waals surface area contributed by atoms with E-state index >= 15 is 0 Å². The summed E-state index contributed by atoms with van der Waals surface area (Å²) < 4.78 is 0. The van der Waals surface area contributed by atoms with Crippen LogP contribution in [0.3, 0.4) is 0 Å². The Morgan fingerprint density at radius 2 is 1.25 bits per heavy atom. The Morgan fingerprint density at radius 3 is 1.50 bits per heavy atom. The van der Waals surface area contributed by atoms with Gasteiger partial charge in [0.1, 0.15) is 0 Å². The minimum absolute atomic E-state index is 0.620. The maximum atomic E-state index is 5.34. The first-order chi connectivity index (χ1) is 3.91. The highest BCUT2D eigenvalue weighted by molar-refractivity contribution is 6.18. The van der Waals surface area contributed by atoms with E-state index < -0.39 is 0 Å². The summed E-state index contributed by atoms with van der Waals surface area (Å²) in [6.45, 7) is 0. The number of hydrogen-bond acceptors (Lipinski definition) is 0. The standard InChI is InChI=1S/C6H8Cl2/c7-5-3-1-2-4-6-8/h3-6H2. The molecular weight excluding hydrogens is 143 g/mol. The van der Waals surface area contributed by atoms with Crippen LogP contribution in [0.2, 0.25) is 0 Å². The molecule has 0 radical (unpaired) electrons. The van der Waals surface area contributed by atoms with Gasteiger partial charge in [0.05, 0.1) is 0 Å². The van der Waals surface area contributed by atoms with Crippen LogP contribution >= 0.6 is 23.2 Å². The van der Waals surface area contributed by atoms with E-state index in [1.807, 2.05) is 0 Å². The molecule has 0 aromatic carbocycles. The van der Waals surface area contributed by atoms with E-state index in [1.165, 1.54) is 0 Å². The van der Waals surface area contributed by atoms with Crippen LogP contribution in [0.1, 0.15) is 12.8 Å². The summed E-state index contributed by atoms with van der Waals surface area (Å²) in [6.07, 6.45) is 1.55. The molecule has 0 unspecified atom stereocenters. The van der Waals surface area contributed by atoms with Gasteiger partial charge in [-0.1, -0.05) is 0 Å². The third-order valence-corrected chi connectivity index (χ3v) is 0.942. The van der Waals surface area contributed by atoms with Gasteiger partial charge in [0.25, 0.3) is 0 Å². The second-order valence-electron chi connectivity index (χ2n) is 1.23. The molecule has 0 nitrogen and oxygen atoms in total. The van der Waals surface area contributed by atoms with Gasteiger partial charge in [-0.3, -0.25) is 0 Å². The quantitative estimate of drug-likeness (QED) is 0.419. The first-order valence-corrected chi connectivity index (χ1v) is 3.56. The summed E-state index contributed by atoms with van der Waals surface area (Å²) >= 11 is 10.7. The largest absolute Gasteiger partial charge is 0.126 e. The topological polar surface area (TPSA) is 0 Å². The Bertz CT molecular complexity index is 78.4. The lowest BCUT2D eigenvalue weighted by Gasteiger charge is -1.76. The number of hydrogen-bond donors (Lipinski definition) is 0. The summed E-state index contributed by atoms with van der Waals surface area (Å²) in [6, 6.07) is 0. The third kappa shape index (κ3) is 6.14. The second-order valence-corrected chi connectivity index (χ2v) is 1.99. The highest BCUT2D eigenvalue weighted by atomic mass is 35.5. The van der Waals surface area contributed by atoms with Gasteiger partial charge in [0.15, 0.2) is 0 Å². The molecule has 46 valence electrons. The van der Waals surface area contributed by atoms with Crippen molar-refractivity contribution in [1.29, 1.82) is 0 Å².